The molecule has 2 rings (SSSR count). The predicted octanol–water partition coefficient (Wildman–Crippen LogP) is 0.833. The molecule has 1 aliphatic rings. The number of piperidine rings is 1. The van der Waals surface area contributed by atoms with Gasteiger partial charge in [0, 0.05) is 67.4 Å². The zero-order chi connectivity index (χ0) is 31.6. The number of carbonyl (C=O) groups is 6. The second-order valence-corrected chi connectivity index (χ2v) is 7.76. The molecule has 1 aromatic rings. The van der Waals surface area contributed by atoms with Gasteiger partial charge in [-0.3, -0.25) is 4.98 Å². The smallest absolute Gasteiger partial charge is 0.328 e. The van der Waals surface area contributed by atoms with Gasteiger partial charge in [-0.1, -0.05) is 13.0 Å². The molecule has 0 bridgehead atoms. The van der Waals surface area contributed by atoms with Crippen molar-refractivity contribution in [2.24, 2.45) is 0 Å². The van der Waals surface area contributed by atoms with E-state index in [4.69, 9.17) is 30.6 Å². The van der Waals surface area contributed by atoms with Crippen molar-refractivity contribution in [1.82, 2.24) is 15.2 Å². The van der Waals surface area contributed by atoms with Gasteiger partial charge < -0.3 is 40.9 Å². The fourth-order valence-corrected chi connectivity index (χ4v) is 2.83. The highest BCUT2D eigenvalue weighted by atomic mass is 16.4. The quantitative estimate of drug-likeness (QED) is 0.179. The zero-order valence-corrected chi connectivity index (χ0v) is 22.3. The molecule has 2 heterocycles. The maximum absolute atomic E-state index is 9.55. The Morgan fingerprint density at radius 3 is 1.44 bits per heavy atom. The van der Waals surface area contributed by atoms with Gasteiger partial charge in [-0.15, -0.1) is 0 Å². The van der Waals surface area contributed by atoms with E-state index in [1.165, 1.54) is 38.2 Å². The monoisotopic (exact) mass is 581 g/mol. The van der Waals surface area contributed by atoms with Crippen molar-refractivity contribution in [2.75, 3.05) is 26.2 Å². The van der Waals surface area contributed by atoms with Crippen LogP contribution in [0.4, 0.5) is 0 Å². The summed E-state index contributed by atoms with van der Waals surface area (Å²) in [4.78, 5) is 64.2. The molecule has 41 heavy (non-hydrogen) atoms. The van der Waals surface area contributed by atoms with Gasteiger partial charge in [0.15, 0.2) is 0 Å². The Bertz CT molecular complexity index is 918. The molecule has 1 aliphatic heterocycles. The minimum Gasteiger partial charge on any atom is -0.478 e. The van der Waals surface area contributed by atoms with Crippen molar-refractivity contribution in [2.45, 2.75) is 32.2 Å². The largest absolute Gasteiger partial charge is 0.478 e. The summed E-state index contributed by atoms with van der Waals surface area (Å²) < 4.78 is 0. The lowest BCUT2D eigenvalue weighted by Crippen LogP contribution is -2.42. The maximum Gasteiger partial charge on any atom is 0.328 e. The van der Waals surface area contributed by atoms with Crippen LogP contribution < -0.4 is 5.32 Å². The average molecular weight is 582 g/mol. The number of hydrogen-bond donors (Lipinski definition) is 7. The van der Waals surface area contributed by atoms with Gasteiger partial charge in [0.05, 0.1) is 0 Å². The van der Waals surface area contributed by atoms with Gasteiger partial charge in [-0.25, -0.2) is 28.8 Å². The molecule has 0 unspecified atom stereocenters. The van der Waals surface area contributed by atoms with E-state index in [1.807, 2.05) is 12.3 Å². The molecule has 0 aromatic carbocycles. The Kier molecular flexibility index (Phi) is 22.6. The van der Waals surface area contributed by atoms with Crippen molar-refractivity contribution in [3.8, 4) is 0 Å². The molecule has 1 fully saturated rings. The first-order chi connectivity index (χ1) is 19.3. The lowest BCUT2D eigenvalue weighted by Gasteiger charge is -2.31. The molecular weight excluding hydrogens is 546 g/mol. The van der Waals surface area contributed by atoms with Crippen molar-refractivity contribution in [3.05, 3.63) is 66.5 Å². The van der Waals surface area contributed by atoms with E-state index in [-0.39, 0.29) is 0 Å². The molecule has 0 amide bonds. The van der Waals surface area contributed by atoms with Gasteiger partial charge >= 0.3 is 35.8 Å². The number of nitrogens with zero attached hydrogens (tertiary/aromatic N) is 2. The summed E-state index contributed by atoms with van der Waals surface area (Å²) in [5, 5.41) is 50.5. The molecule has 15 nitrogen and oxygen atoms in total. The fraction of sp³-hybridized carbons (Fsp3) is 0.346. The molecule has 1 saturated heterocycles. The Labute approximate surface area is 235 Å². The number of carboxylic acid groups (broad SMARTS) is 6. The third-order valence-corrected chi connectivity index (χ3v) is 4.68. The van der Waals surface area contributed by atoms with Crippen LogP contribution in [0.15, 0.2) is 60.9 Å². The molecule has 0 atom stereocenters. The summed E-state index contributed by atoms with van der Waals surface area (Å²) in [6, 6.07) is 6.84. The third kappa shape index (κ3) is 29.5. The second-order valence-electron chi connectivity index (χ2n) is 7.76. The molecule has 0 spiro atoms. The van der Waals surface area contributed by atoms with Crippen LogP contribution in [0, 0.1) is 0 Å². The maximum atomic E-state index is 9.55. The van der Waals surface area contributed by atoms with Gasteiger partial charge in [-0.2, -0.15) is 0 Å². The Morgan fingerprint density at radius 1 is 0.756 bits per heavy atom. The number of rotatable bonds is 11. The predicted molar refractivity (Wildman–Crippen MR) is 144 cm³/mol. The van der Waals surface area contributed by atoms with E-state index in [1.54, 1.807) is 0 Å². The molecule has 226 valence electrons. The highest BCUT2D eigenvalue weighted by Crippen LogP contribution is 2.09. The standard InChI is InChI=1S/C14H23N3.3C4H4O4/c1-2-17-11-7-14(8-12-17)16-10-6-13-5-3-4-9-15-13;3*5-3(6)1-2-4(7)8/h3-5,9,14,16H,2,6-8,10-12H2,1H3;3*1-2H,(H,5,6)(H,7,8). The van der Waals surface area contributed by atoms with Gasteiger partial charge in [0.25, 0.3) is 0 Å². The second kappa shape index (κ2) is 24.2. The number of likely N-dealkylation sites (tertiary alicyclic amines) is 1. The summed E-state index contributed by atoms with van der Waals surface area (Å²) >= 11 is 0. The summed E-state index contributed by atoms with van der Waals surface area (Å²) in [5.74, 6) is -7.54. The van der Waals surface area contributed by atoms with Crippen molar-refractivity contribution < 1.29 is 59.4 Å². The third-order valence-electron chi connectivity index (χ3n) is 4.68. The first kappa shape index (κ1) is 38.3. The molecule has 7 N–H and O–H groups in total. The number of nitrogens with one attached hydrogen (secondary N) is 1. The van der Waals surface area contributed by atoms with Crippen LogP contribution in [0.5, 0.6) is 0 Å². The molecule has 15 heteroatoms. The number of hydrogen-bond acceptors (Lipinski definition) is 9. The van der Waals surface area contributed by atoms with Gasteiger partial charge in [0.2, 0.25) is 0 Å². The number of carboxylic acids is 6. The average Bonchev–Trinajstić information content (AvgIpc) is 2.92. The number of aliphatic carboxylic acids is 6. The summed E-state index contributed by atoms with van der Waals surface area (Å²) in [7, 11) is 0. The van der Waals surface area contributed by atoms with Crippen LogP contribution in [-0.4, -0.2) is 109 Å². The highest BCUT2D eigenvalue weighted by molar-refractivity contribution is 5.90. The van der Waals surface area contributed by atoms with Crippen molar-refractivity contribution in [3.63, 3.8) is 0 Å². The van der Waals surface area contributed by atoms with Crippen LogP contribution in [0.2, 0.25) is 0 Å². The minimum atomic E-state index is -1.26. The molecule has 0 saturated carbocycles. The first-order valence-electron chi connectivity index (χ1n) is 12.0. The topological polar surface area (TPSA) is 252 Å². The lowest BCUT2D eigenvalue weighted by molar-refractivity contribution is -0.134. The molecule has 0 aliphatic carbocycles. The number of aromatic nitrogens is 1. The SMILES string of the molecule is CCN1CCC(NCCc2ccccn2)CC1.O=C(O)C=CC(=O)O.O=C(O)C=CC(=O)O.O=C(O)C=CC(=O)O. The lowest BCUT2D eigenvalue weighted by atomic mass is 10.0. The summed E-state index contributed by atoms with van der Waals surface area (Å²) in [6.45, 7) is 6.98. The van der Waals surface area contributed by atoms with E-state index in [9.17, 15) is 28.8 Å². The van der Waals surface area contributed by atoms with Crippen LogP contribution in [-0.2, 0) is 35.2 Å². The molecule has 1 aromatic heterocycles. The first-order valence-corrected chi connectivity index (χ1v) is 12.0. The Hall–Kier alpha value is -4.89. The van der Waals surface area contributed by atoms with Crippen LogP contribution >= 0.6 is 0 Å². The van der Waals surface area contributed by atoms with Crippen LogP contribution in [0.3, 0.4) is 0 Å². The fourth-order valence-electron chi connectivity index (χ4n) is 2.83. The highest BCUT2D eigenvalue weighted by Gasteiger charge is 2.16. The van der Waals surface area contributed by atoms with E-state index in [0.717, 1.165) is 13.0 Å². The number of pyridine rings is 1. The Balaban J connectivity index is 0. The van der Waals surface area contributed by atoms with Crippen LogP contribution in [0.25, 0.3) is 0 Å². The van der Waals surface area contributed by atoms with E-state index in [2.05, 4.69) is 34.3 Å². The molecular formula is C26H35N3O12. The normalized spacial score (nSPS) is 13.2. The van der Waals surface area contributed by atoms with Crippen molar-refractivity contribution >= 4 is 35.8 Å². The zero-order valence-electron chi connectivity index (χ0n) is 22.3. The summed E-state index contributed by atoms with van der Waals surface area (Å²) in [6.07, 6.45) is 8.83. The van der Waals surface area contributed by atoms with E-state index in [0.29, 0.717) is 42.5 Å². The van der Waals surface area contributed by atoms with E-state index < -0.39 is 35.8 Å². The van der Waals surface area contributed by atoms with Gasteiger partial charge in [-0.05, 0) is 44.6 Å². The minimum absolute atomic E-state index is 0.558. The molecule has 0 radical (unpaired) electrons. The van der Waals surface area contributed by atoms with Crippen molar-refractivity contribution in [1.29, 1.82) is 0 Å². The Morgan fingerprint density at radius 2 is 1.15 bits per heavy atom. The van der Waals surface area contributed by atoms with Crippen LogP contribution in [0.1, 0.15) is 25.5 Å². The summed E-state index contributed by atoms with van der Waals surface area (Å²) in [5.41, 5.74) is 1.19. The van der Waals surface area contributed by atoms with Gasteiger partial charge in [0.1, 0.15) is 0 Å². The van der Waals surface area contributed by atoms with E-state index >= 15 is 0 Å².